The van der Waals surface area contributed by atoms with Crippen LogP contribution in [0.5, 0.6) is 5.75 Å². The van der Waals surface area contributed by atoms with E-state index in [0.29, 0.717) is 5.56 Å². The Bertz CT molecular complexity index is 552. The average Bonchev–Trinajstić information content (AvgIpc) is 2.31. The molecule has 1 aromatic carbocycles. The Labute approximate surface area is 118 Å². The van der Waals surface area contributed by atoms with Gasteiger partial charge in [0.2, 0.25) is 0 Å². The van der Waals surface area contributed by atoms with Crippen LogP contribution < -0.4 is 4.74 Å². The molecule has 0 fully saturated rings. The zero-order valence-corrected chi connectivity index (χ0v) is 11.2. The number of halogens is 3. The van der Waals surface area contributed by atoms with E-state index in [0.717, 1.165) is 6.07 Å². The molecule has 0 aromatic heterocycles. The first-order valence-corrected chi connectivity index (χ1v) is 5.89. The zero-order valence-electron chi connectivity index (χ0n) is 10.3. The van der Waals surface area contributed by atoms with Gasteiger partial charge in [0.15, 0.2) is 5.75 Å². The first kappa shape index (κ1) is 16.2. The van der Waals surface area contributed by atoms with Crippen LogP contribution in [0.1, 0.15) is 18.1 Å². The lowest BCUT2D eigenvalue weighted by molar-refractivity contribution is -0.275. The molecule has 0 bridgehead atoms. The van der Waals surface area contributed by atoms with Gasteiger partial charge in [0.25, 0.3) is 0 Å². The molecule has 8 heteroatoms. The molecule has 0 aliphatic heterocycles. The summed E-state index contributed by atoms with van der Waals surface area (Å²) in [6.45, 7) is 1.82. The third-order valence-electron chi connectivity index (χ3n) is 2.12. The fraction of sp³-hybridized carbons (Fsp3) is 0.333. The number of alkyl halides is 3. The van der Waals surface area contributed by atoms with Crippen LogP contribution in [-0.2, 0) is 16.0 Å². The van der Waals surface area contributed by atoms with Gasteiger partial charge >= 0.3 is 12.3 Å². The fourth-order valence-electron chi connectivity index (χ4n) is 1.46. The quantitative estimate of drug-likeness (QED) is 0.686. The van der Waals surface area contributed by atoms with Crippen molar-refractivity contribution in [3.63, 3.8) is 0 Å². The van der Waals surface area contributed by atoms with Crippen molar-refractivity contribution in [3.05, 3.63) is 23.3 Å². The number of hydrogen-bond donors (Lipinski definition) is 1. The normalized spacial score (nSPS) is 10.8. The first-order valence-electron chi connectivity index (χ1n) is 5.44. The maximum atomic E-state index is 12.2. The predicted molar refractivity (Wildman–Crippen MR) is 65.4 cm³/mol. The summed E-state index contributed by atoms with van der Waals surface area (Å²) in [4.78, 5) is 11.1. The maximum absolute atomic E-state index is 12.2. The van der Waals surface area contributed by atoms with E-state index in [1.54, 1.807) is 13.0 Å². The highest BCUT2D eigenvalue weighted by atomic mass is 32.1. The highest BCUT2D eigenvalue weighted by Crippen LogP contribution is 2.33. The van der Waals surface area contributed by atoms with E-state index >= 15 is 0 Å². The molecule has 108 valence electrons. The number of nitrogens with zero attached hydrogens (tertiary/aromatic N) is 1. The van der Waals surface area contributed by atoms with E-state index in [9.17, 15) is 18.0 Å². The maximum Gasteiger partial charge on any atom is 0.573 e. The summed E-state index contributed by atoms with van der Waals surface area (Å²) in [7, 11) is 0. The molecule has 0 unspecified atom stereocenters. The highest BCUT2D eigenvalue weighted by Gasteiger charge is 2.33. The minimum Gasteiger partial charge on any atom is -0.466 e. The van der Waals surface area contributed by atoms with E-state index in [1.807, 2.05) is 0 Å². The molecule has 0 saturated heterocycles. The number of thiol groups is 1. The van der Waals surface area contributed by atoms with Gasteiger partial charge in [0.1, 0.15) is 6.07 Å². The summed E-state index contributed by atoms with van der Waals surface area (Å²) in [6.07, 6.45) is -5.09. The molecule has 0 heterocycles. The van der Waals surface area contributed by atoms with Crippen molar-refractivity contribution in [2.45, 2.75) is 24.6 Å². The van der Waals surface area contributed by atoms with Gasteiger partial charge in [-0.3, -0.25) is 4.79 Å². The van der Waals surface area contributed by atoms with Crippen molar-refractivity contribution in [2.24, 2.45) is 0 Å². The third kappa shape index (κ3) is 4.66. The fourth-order valence-corrected chi connectivity index (χ4v) is 1.79. The van der Waals surface area contributed by atoms with E-state index in [4.69, 9.17) is 10.00 Å². The lowest BCUT2D eigenvalue weighted by atomic mass is 10.1. The summed E-state index contributed by atoms with van der Waals surface area (Å²) in [6, 6.07) is 3.94. The SMILES string of the molecule is CCOC(=O)Cc1cc(S)c(OC(F)(F)F)c(C#N)c1. The van der Waals surface area contributed by atoms with Crippen molar-refractivity contribution in [1.82, 2.24) is 0 Å². The Balaban J connectivity index is 3.08. The van der Waals surface area contributed by atoms with Crippen molar-refractivity contribution >= 4 is 18.6 Å². The Morgan fingerprint density at radius 1 is 1.45 bits per heavy atom. The summed E-state index contributed by atoms with van der Waals surface area (Å²) < 4.78 is 45.1. The standard InChI is InChI=1S/C12H10F3NO3S/c1-2-18-10(17)5-7-3-8(6-16)11(9(20)4-7)19-12(13,14)15/h3-4,20H,2,5H2,1H3. The van der Waals surface area contributed by atoms with Gasteiger partial charge in [-0.25, -0.2) is 0 Å². The Morgan fingerprint density at radius 2 is 2.10 bits per heavy atom. The summed E-state index contributed by atoms with van der Waals surface area (Å²) >= 11 is 3.85. The largest absolute Gasteiger partial charge is 0.573 e. The summed E-state index contributed by atoms with van der Waals surface area (Å²) in [5.41, 5.74) is -0.0337. The number of esters is 1. The van der Waals surface area contributed by atoms with Crippen LogP contribution in [0.4, 0.5) is 13.2 Å². The van der Waals surface area contributed by atoms with E-state index in [1.165, 1.54) is 6.07 Å². The number of benzene rings is 1. The number of carbonyl (C=O) groups excluding carboxylic acids is 1. The molecule has 0 amide bonds. The van der Waals surface area contributed by atoms with Gasteiger partial charge in [0, 0.05) is 4.90 Å². The number of carbonyl (C=O) groups is 1. The molecule has 0 N–H and O–H groups in total. The van der Waals surface area contributed by atoms with Crippen molar-refractivity contribution < 1.29 is 27.4 Å². The Morgan fingerprint density at radius 3 is 2.60 bits per heavy atom. The molecule has 20 heavy (non-hydrogen) atoms. The molecule has 0 radical (unpaired) electrons. The topological polar surface area (TPSA) is 59.3 Å². The van der Waals surface area contributed by atoms with Gasteiger partial charge < -0.3 is 9.47 Å². The van der Waals surface area contributed by atoms with Gasteiger partial charge in [-0.05, 0) is 24.6 Å². The van der Waals surface area contributed by atoms with E-state index in [2.05, 4.69) is 17.4 Å². The van der Waals surface area contributed by atoms with Gasteiger partial charge in [-0.1, -0.05) is 0 Å². The molecule has 4 nitrogen and oxygen atoms in total. The molecule has 0 aliphatic rings. The van der Waals surface area contributed by atoms with Crippen LogP contribution in [0.2, 0.25) is 0 Å². The summed E-state index contributed by atoms with van der Waals surface area (Å²) in [5.74, 6) is -1.23. The molecular formula is C12H10F3NO3S. The van der Waals surface area contributed by atoms with Gasteiger partial charge in [-0.15, -0.1) is 25.8 Å². The van der Waals surface area contributed by atoms with Gasteiger partial charge in [-0.2, -0.15) is 5.26 Å². The lowest BCUT2D eigenvalue weighted by Gasteiger charge is -2.13. The first-order chi connectivity index (χ1) is 9.26. The highest BCUT2D eigenvalue weighted by molar-refractivity contribution is 7.80. The molecule has 1 aromatic rings. The minimum absolute atomic E-state index is 0.164. The zero-order chi connectivity index (χ0) is 15.3. The van der Waals surface area contributed by atoms with Crippen LogP contribution >= 0.6 is 12.6 Å². The molecular weight excluding hydrogens is 295 g/mol. The monoisotopic (exact) mass is 305 g/mol. The second-order valence-electron chi connectivity index (χ2n) is 3.63. The number of rotatable bonds is 4. The number of ether oxygens (including phenoxy) is 2. The second-order valence-corrected chi connectivity index (χ2v) is 4.11. The van der Waals surface area contributed by atoms with Crippen LogP contribution in [0.15, 0.2) is 17.0 Å². The van der Waals surface area contributed by atoms with Crippen LogP contribution in [0.3, 0.4) is 0 Å². The van der Waals surface area contributed by atoms with Gasteiger partial charge in [0.05, 0.1) is 18.6 Å². The molecule has 0 atom stereocenters. The van der Waals surface area contributed by atoms with Crippen molar-refractivity contribution in [3.8, 4) is 11.8 Å². The molecule has 1 rings (SSSR count). The molecule has 0 saturated carbocycles. The lowest BCUT2D eigenvalue weighted by Crippen LogP contribution is -2.18. The second kappa shape index (κ2) is 6.52. The Kier molecular flexibility index (Phi) is 5.27. The van der Waals surface area contributed by atoms with E-state index in [-0.39, 0.29) is 23.5 Å². The van der Waals surface area contributed by atoms with Crippen LogP contribution in [0.25, 0.3) is 0 Å². The average molecular weight is 305 g/mol. The Hall–Kier alpha value is -1.88. The van der Waals surface area contributed by atoms with Crippen LogP contribution in [0, 0.1) is 11.3 Å². The van der Waals surface area contributed by atoms with E-state index < -0.39 is 18.1 Å². The summed E-state index contributed by atoms with van der Waals surface area (Å²) in [5, 5.41) is 8.85. The van der Waals surface area contributed by atoms with Crippen LogP contribution in [-0.4, -0.2) is 18.9 Å². The third-order valence-corrected chi connectivity index (χ3v) is 2.45. The smallest absolute Gasteiger partial charge is 0.466 e. The minimum atomic E-state index is -4.92. The molecule has 0 aliphatic carbocycles. The number of hydrogen-bond acceptors (Lipinski definition) is 5. The number of nitriles is 1. The van der Waals surface area contributed by atoms with Crippen molar-refractivity contribution in [2.75, 3.05) is 6.61 Å². The molecule has 0 spiro atoms. The van der Waals surface area contributed by atoms with Crippen molar-refractivity contribution in [1.29, 1.82) is 5.26 Å². The predicted octanol–water partition coefficient (Wildman–Crippen LogP) is 2.85.